The van der Waals surface area contributed by atoms with Gasteiger partial charge >= 0.3 is 0 Å². The smallest absolute Gasteiger partial charge is 0.265 e. The number of amides is 1. The molecule has 0 aromatic carbocycles. The second-order valence-electron chi connectivity index (χ2n) is 4.12. The van der Waals surface area contributed by atoms with E-state index >= 15 is 0 Å². The van der Waals surface area contributed by atoms with Crippen LogP contribution in [0.5, 0.6) is 0 Å². The van der Waals surface area contributed by atoms with Crippen LogP contribution < -0.4 is 5.32 Å². The summed E-state index contributed by atoms with van der Waals surface area (Å²) in [7, 11) is 1.85. The van der Waals surface area contributed by atoms with Crippen LogP contribution in [0, 0.1) is 6.92 Å². The number of likely N-dealkylation sites (N-methyl/N-ethyl adjacent to an activating group) is 1. The number of rotatable bonds is 2. The van der Waals surface area contributed by atoms with E-state index in [1.807, 2.05) is 19.4 Å². The van der Waals surface area contributed by atoms with Crippen molar-refractivity contribution in [3.05, 3.63) is 20.8 Å². The molecule has 1 aromatic rings. The minimum Gasteiger partial charge on any atom is -0.337 e. The van der Waals surface area contributed by atoms with Crippen LogP contribution in [0.2, 0.25) is 5.02 Å². The monoisotopic (exact) mass is 258 g/mol. The molecular formula is C11H15ClN2OS. The molecule has 0 saturated carbocycles. The average Bonchev–Trinajstić information content (AvgIpc) is 2.89. The number of carbonyl (C=O) groups is 1. The Bertz CT molecular complexity index is 399. The lowest BCUT2D eigenvalue weighted by Gasteiger charge is -2.23. The van der Waals surface area contributed by atoms with Crippen molar-refractivity contribution in [3.8, 4) is 0 Å². The first-order valence-electron chi connectivity index (χ1n) is 5.32. The first kappa shape index (κ1) is 11.9. The van der Waals surface area contributed by atoms with E-state index in [-0.39, 0.29) is 5.91 Å². The molecule has 88 valence electrons. The molecule has 0 spiro atoms. The van der Waals surface area contributed by atoms with Crippen LogP contribution in [-0.4, -0.2) is 37.0 Å². The Kier molecular flexibility index (Phi) is 3.52. The fraction of sp³-hybridized carbons (Fsp3) is 0.545. The largest absolute Gasteiger partial charge is 0.337 e. The highest BCUT2D eigenvalue weighted by Gasteiger charge is 2.26. The van der Waals surface area contributed by atoms with Crippen LogP contribution in [0.15, 0.2) is 5.38 Å². The van der Waals surface area contributed by atoms with E-state index in [1.165, 1.54) is 11.3 Å². The summed E-state index contributed by atoms with van der Waals surface area (Å²) in [5, 5.41) is 5.79. The van der Waals surface area contributed by atoms with Crippen molar-refractivity contribution in [2.24, 2.45) is 0 Å². The molecule has 1 saturated heterocycles. The molecule has 5 heteroatoms. The summed E-state index contributed by atoms with van der Waals surface area (Å²) in [6, 6.07) is 0.297. The molecule has 1 aliphatic heterocycles. The van der Waals surface area contributed by atoms with Gasteiger partial charge < -0.3 is 10.2 Å². The molecule has 1 N–H and O–H groups in total. The number of hydrogen-bond donors (Lipinski definition) is 1. The SMILES string of the molecule is Cc1csc(C(=O)N(C)C2CCNC2)c1Cl. The second-order valence-corrected chi connectivity index (χ2v) is 5.38. The summed E-state index contributed by atoms with van der Waals surface area (Å²) in [5.74, 6) is 0.0387. The summed E-state index contributed by atoms with van der Waals surface area (Å²) in [4.78, 5) is 14.7. The number of thiophene rings is 1. The predicted octanol–water partition coefficient (Wildman–Crippen LogP) is 2.14. The Hall–Kier alpha value is -0.580. The molecular weight excluding hydrogens is 244 g/mol. The Labute approximate surface area is 104 Å². The zero-order valence-electron chi connectivity index (χ0n) is 9.42. The summed E-state index contributed by atoms with van der Waals surface area (Å²) in [5.41, 5.74) is 0.980. The number of aryl methyl sites for hydroxylation is 1. The molecule has 0 radical (unpaired) electrons. The first-order chi connectivity index (χ1) is 7.61. The maximum absolute atomic E-state index is 12.2. The van der Waals surface area contributed by atoms with Crippen LogP contribution in [-0.2, 0) is 0 Å². The molecule has 0 bridgehead atoms. The maximum atomic E-state index is 12.2. The first-order valence-corrected chi connectivity index (χ1v) is 6.58. The van der Waals surface area contributed by atoms with Gasteiger partial charge in [0.25, 0.3) is 5.91 Å². The average molecular weight is 259 g/mol. The summed E-state index contributed by atoms with van der Waals surface area (Å²) in [6.45, 7) is 3.79. The van der Waals surface area contributed by atoms with Gasteiger partial charge in [0.05, 0.1) is 5.02 Å². The molecule has 1 fully saturated rings. The number of carbonyl (C=O) groups excluding carboxylic acids is 1. The van der Waals surface area contributed by atoms with E-state index in [0.29, 0.717) is 15.9 Å². The van der Waals surface area contributed by atoms with Crippen molar-refractivity contribution < 1.29 is 4.79 Å². The molecule has 16 heavy (non-hydrogen) atoms. The molecule has 1 unspecified atom stereocenters. The summed E-state index contributed by atoms with van der Waals surface area (Å²) >= 11 is 7.53. The minimum atomic E-state index is 0.0387. The highest BCUT2D eigenvalue weighted by molar-refractivity contribution is 7.13. The van der Waals surface area contributed by atoms with Gasteiger partial charge in [-0.25, -0.2) is 0 Å². The fourth-order valence-electron chi connectivity index (χ4n) is 1.87. The van der Waals surface area contributed by atoms with Gasteiger partial charge in [-0.15, -0.1) is 11.3 Å². The van der Waals surface area contributed by atoms with Gasteiger partial charge in [0, 0.05) is 19.6 Å². The fourth-order valence-corrected chi connectivity index (χ4v) is 3.13. The van der Waals surface area contributed by atoms with E-state index in [0.717, 1.165) is 25.1 Å². The van der Waals surface area contributed by atoms with Gasteiger partial charge in [0.15, 0.2) is 0 Å². The third kappa shape index (κ3) is 2.10. The van der Waals surface area contributed by atoms with E-state index in [1.54, 1.807) is 4.90 Å². The number of halogens is 1. The van der Waals surface area contributed by atoms with Crippen molar-refractivity contribution in [3.63, 3.8) is 0 Å². The van der Waals surface area contributed by atoms with Crippen molar-refractivity contribution >= 4 is 28.8 Å². The molecule has 1 aliphatic rings. The highest BCUT2D eigenvalue weighted by Crippen LogP contribution is 2.28. The zero-order chi connectivity index (χ0) is 11.7. The minimum absolute atomic E-state index is 0.0387. The van der Waals surface area contributed by atoms with Crippen LogP contribution >= 0.6 is 22.9 Å². The van der Waals surface area contributed by atoms with Gasteiger partial charge in [-0.1, -0.05) is 11.6 Å². The van der Waals surface area contributed by atoms with E-state index < -0.39 is 0 Å². The summed E-state index contributed by atoms with van der Waals surface area (Å²) < 4.78 is 0. The van der Waals surface area contributed by atoms with Crippen LogP contribution in [0.25, 0.3) is 0 Å². The lowest BCUT2D eigenvalue weighted by atomic mass is 10.2. The standard InChI is InChI=1S/C11H15ClN2OS/c1-7-6-16-10(9(7)12)11(15)14(2)8-3-4-13-5-8/h6,8,13H,3-5H2,1-2H3. The lowest BCUT2D eigenvalue weighted by molar-refractivity contribution is 0.0749. The van der Waals surface area contributed by atoms with Gasteiger partial charge in [0.1, 0.15) is 4.88 Å². The quantitative estimate of drug-likeness (QED) is 0.882. The van der Waals surface area contributed by atoms with Gasteiger partial charge in [-0.3, -0.25) is 4.79 Å². The Morgan fingerprint density at radius 1 is 1.69 bits per heavy atom. The van der Waals surface area contributed by atoms with Crippen LogP contribution in [0.4, 0.5) is 0 Å². The Morgan fingerprint density at radius 2 is 2.44 bits per heavy atom. The predicted molar refractivity (Wildman–Crippen MR) is 67.4 cm³/mol. The number of hydrogen-bond acceptors (Lipinski definition) is 3. The Morgan fingerprint density at radius 3 is 2.94 bits per heavy atom. The highest BCUT2D eigenvalue weighted by atomic mass is 35.5. The summed E-state index contributed by atoms with van der Waals surface area (Å²) in [6.07, 6.45) is 1.02. The normalized spacial score (nSPS) is 20.1. The van der Waals surface area contributed by atoms with Crippen LogP contribution in [0.3, 0.4) is 0 Å². The Balaban J connectivity index is 2.15. The van der Waals surface area contributed by atoms with Crippen molar-refractivity contribution in [1.82, 2.24) is 10.2 Å². The zero-order valence-corrected chi connectivity index (χ0v) is 11.0. The lowest BCUT2D eigenvalue weighted by Crippen LogP contribution is -2.38. The van der Waals surface area contributed by atoms with Crippen molar-refractivity contribution in [1.29, 1.82) is 0 Å². The molecule has 1 aromatic heterocycles. The number of nitrogens with one attached hydrogen (secondary N) is 1. The van der Waals surface area contributed by atoms with Gasteiger partial charge in [0.2, 0.25) is 0 Å². The van der Waals surface area contributed by atoms with Crippen molar-refractivity contribution in [2.75, 3.05) is 20.1 Å². The van der Waals surface area contributed by atoms with E-state index in [4.69, 9.17) is 11.6 Å². The molecule has 0 aliphatic carbocycles. The third-order valence-corrected chi connectivity index (χ3v) is 4.68. The van der Waals surface area contributed by atoms with E-state index in [2.05, 4.69) is 5.32 Å². The maximum Gasteiger partial charge on any atom is 0.265 e. The second kappa shape index (κ2) is 4.73. The molecule has 3 nitrogen and oxygen atoms in total. The van der Waals surface area contributed by atoms with E-state index in [9.17, 15) is 4.79 Å². The third-order valence-electron chi connectivity index (χ3n) is 3.00. The number of nitrogens with zero attached hydrogens (tertiary/aromatic N) is 1. The van der Waals surface area contributed by atoms with Gasteiger partial charge in [-0.2, -0.15) is 0 Å². The van der Waals surface area contributed by atoms with Crippen molar-refractivity contribution in [2.45, 2.75) is 19.4 Å². The topological polar surface area (TPSA) is 32.3 Å². The molecule has 1 atom stereocenters. The van der Waals surface area contributed by atoms with Crippen LogP contribution in [0.1, 0.15) is 21.7 Å². The molecule has 1 amide bonds. The molecule has 2 heterocycles. The van der Waals surface area contributed by atoms with Gasteiger partial charge in [-0.05, 0) is 30.8 Å². The molecule has 2 rings (SSSR count).